The van der Waals surface area contributed by atoms with Crippen molar-refractivity contribution in [1.82, 2.24) is 5.48 Å². The molecule has 0 radical (unpaired) electrons. The lowest BCUT2D eigenvalue weighted by molar-refractivity contribution is -0.135. The van der Waals surface area contributed by atoms with Crippen LogP contribution in [0.25, 0.3) is 0 Å². The normalized spacial score (nSPS) is 19.8. The Bertz CT molecular complexity index is 913. The van der Waals surface area contributed by atoms with Crippen LogP contribution >= 0.6 is 0 Å². The molecule has 1 aliphatic carbocycles. The van der Waals surface area contributed by atoms with Gasteiger partial charge in [0.2, 0.25) is 5.91 Å². The van der Waals surface area contributed by atoms with Crippen molar-refractivity contribution in [2.24, 2.45) is 11.8 Å². The molecule has 0 saturated heterocycles. The van der Waals surface area contributed by atoms with Crippen LogP contribution in [0.5, 0.6) is 11.5 Å². The topological polar surface area (TPSA) is 92.7 Å². The van der Waals surface area contributed by atoms with Gasteiger partial charge >= 0.3 is 0 Å². The Morgan fingerprint density at radius 3 is 2.21 bits per heavy atom. The molecule has 1 saturated carbocycles. The van der Waals surface area contributed by atoms with Gasteiger partial charge in [0, 0.05) is 5.92 Å². The summed E-state index contributed by atoms with van der Waals surface area (Å²) in [5.41, 5.74) is 1.65. The maximum Gasteiger partial charge on any atom is 0.246 e. The van der Waals surface area contributed by atoms with E-state index >= 15 is 0 Å². The summed E-state index contributed by atoms with van der Waals surface area (Å²) in [7, 11) is -3.60. The zero-order valence-electron chi connectivity index (χ0n) is 15.2. The average Bonchev–Trinajstić information content (AvgIpc) is 2.70. The third-order valence-electron chi connectivity index (χ3n) is 5.02. The number of carbonyl (C=O) groups is 1. The molecule has 0 bridgehead atoms. The first-order valence-corrected chi connectivity index (χ1v) is 10.7. The first-order valence-electron chi connectivity index (χ1n) is 9.09. The predicted molar refractivity (Wildman–Crippen MR) is 100 cm³/mol. The molecule has 0 heterocycles. The van der Waals surface area contributed by atoms with Crippen LogP contribution in [0.3, 0.4) is 0 Å². The van der Waals surface area contributed by atoms with Crippen LogP contribution < -0.4 is 10.2 Å². The van der Waals surface area contributed by atoms with Gasteiger partial charge in [-0.3, -0.25) is 10.0 Å². The molecule has 2 unspecified atom stereocenters. The van der Waals surface area contributed by atoms with Crippen LogP contribution in [0.1, 0.15) is 25.7 Å². The van der Waals surface area contributed by atoms with E-state index in [1.807, 2.05) is 0 Å². The van der Waals surface area contributed by atoms with E-state index < -0.39 is 21.7 Å². The van der Waals surface area contributed by atoms with Gasteiger partial charge in [0.25, 0.3) is 0 Å². The molecule has 0 aliphatic heterocycles. The molecule has 28 heavy (non-hydrogen) atoms. The third kappa shape index (κ3) is 4.88. The monoisotopic (exact) mass is 407 g/mol. The quantitative estimate of drug-likeness (QED) is 0.563. The summed E-state index contributed by atoms with van der Waals surface area (Å²) in [6.07, 6.45) is 2.89. The van der Waals surface area contributed by atoms with E-state index in [4.69, 9.17) is 9.94 Å². The summed E-state index contributed by atoms with van der Waals surface area (Å²) in [4.78, 5) is 12.0. The second-order valence-electron chi connectivity index (χ2n) is 6.94. The average molecular weight is 407 g/mol. The first-order chi connectivity index (χ1) is 13.4. The molecular weight excluding hydrogens is 385 g/mol. The Balaban J connectivity index is 1.71. The maximum atomic E-state index is 12.9. The number of hydroxylamine groups is 1. The van der Waals surface area contributed by atoms with E-state index in [2.05, 4.69) is 0 Å². The summed E-state index contributed by atoms with van der Waals surface area (Å²) >= 11 is 0. The number of carbonyl (C=O) groups excluding carboxylic acids is 1. The second-order valence-corrected chi connectivity index (χ2v) is 8.97. The molecule has 0 aromatic heterocycles. The summed E-state index contributed by atoms with van der Waals surface area (Å²) in [5.74, 6) is -1.01. The molecule has 150 valence electrons. The fourth-order valence-electron chi connectivity index (χ4n) is 3.57. The van der Waals surface area contributed by atoms with Gasteiger partial charge in [0.1, 0.15) is 17.3 Å². The van der Waals surface area contributed by atoms with E-state index in [-0.39, 0.29) is 22.4 Å². The van der Waals surface area contributed by atoms with E-state index in [0.29, 0.717) is 24.3 Å². The van der Waals surface area contributed by atoms with Crippen LogP contribution in [0.15, 0.2) is 53.4 Å². The van der Waals surface area contributed by atoms with Crippen molar-refractivity contribution in [3.05, 3.63) is 54.3 Å². The van der Waals surface area contributed by atoms with Gasteiger partial charge in [-0.15, -0.1) is 0 Å². The minimum absolute atomic E-state index is 0.146. The molecule has 2 N–H and O–H groups in total. The highest BCUT2D eigenvalue weighted by Crippen LogP contribution is 2.33. The van der Waals surface area contributed by atoms with Crippen LogP contribution in [0.4, 0.5) is 4.39 Å². The van der Waals surface area contributed by atoms with Crippen molar-refractivity contribution in [2.75, 3.05) is 5.75 Å². The molecule has 8 heteroatoms. The number of benzene rings is 2. The molecule has 1 aliphatic rings. The van der Waals surface area contributed by atoms with Crippen molar-refractivity contribution < 1.29 is 27.5 Å². The van der Waals surface area contributed by atoms with Crippen molar-refractivity contribution in [1.29, 1.82) is 0 Å². The lowest BCUT2D eigenvalue weighted by atomic mass is 9.80. The molecule has 0 spiro atoms. The van der Waals surface area contributed by atoms with Gasteiger partial charge in [-0.1, -0.05) is 12.8 Å². The number of rotatable bonds is 6. The van der Waals surface area contributed by atoms with Crippen molar-refractivity contribution >= 4 is 15.7 Å². The maximum absolute atomic E-state index is 12.9. The number of hydrogen-bond donors (Lipinski definition) is 2. The smallest absolute Gasteiger partial charge is 0.246 e. The number of amides is 1. The number of hydrogen-bond acceptors (Lipinski definition) is 5. The summed E-state index contributed by atoms with van der Waals surface area (Å²) < 4.78 is 44.1. The lowest BCUT2D eigenvalue weighted by Crippen LogP contribution is -2.38. The molecule has 1 fully saturated rings. The first kappa shape index (κ1) is 20.3. The van der Waals surface area contributed by atoms with Crippen molar-refractivity contribution in [2.45, 2.75) is 30.6 Å². The zero-order chi connectivity index (χ0) is 20.1. The molecule has 2 atom stereocenters. The van der Waals surface area contributed by atoms with Gasteiger partial charge in [0.05, 0.1) is 10.6 Å². The SMILES string of the molecule is O=C(NO)C1CCCCC1CS(=O)(=O)c1ccc(Oc2ccc(F)cc2)cc1. The molecule has 2 aromatic carbocycles. The Morgan fingerprint density at radius 2 is 1.61 bits per heavy atom. The van der Waals surface area contributed by atoms with Gasteiger partial charge in [-0.05, 0) is 67.3 Å². The Kier molecular flexibility index (Phi) is 6.31. The second kappa shape index (κ2) is 8.70. The molecule has 2 aromatic rings. The molecule has 6 nitrogen and oxygen atoms in total. The van der Waals surface area contributed by atoms with Gasteiger partial charge in [0.15, 0.2) is 9.84 Å². The molecular formula is C20H22FNO5S. The van der Waals surface area contributed by atoms with E-state index in [9.17, 15) is 17.6 Å². The molecule has 3 rings (SSSR count). The highest BCUT2D eigenvalue weighted by molar-refractivity contribution is 7.91. The van der Waals surface area contributed by atoms with Gasteiger partial charge < -0.3 is 4.74 Å². The van der Waals surface area contributed by atoms with E-state index in [1.54, 1.807) is 5.48 Å². The Morgan fingerprint density at radius 1 is 1.04 bits per heavy atom. The summed E-state index contributed by atoms with van der Waals surface area (Å²) in [6.45, 7) is 0. The zero-order valence-corrected chi connectivity index (χ0v) is 16.0. The predicted octanol–water partition coefficient (Wildman–Crippen LogP) is 3.70. The number of nitrogens with one attached hydrogen (secondary N) is 1. The highest BCUT2D eigenvalue weighted by Gasteiger charge is 2.34. The Labute approximate surface area is 163 Å². The number of halogens is 1. The standard InChI is InChI=1S/C20H22FNO5S/c21-15-5-7-16(8-6-15)27-17-9-11-18(12-10-17)28(25,26)13-14-3-1-2-4-19(14)20(23)22-24/h5-12,14,19,24H,1-4,13H2,(H,22,23). The van der Waals surface area contributed by atoms with Crippen molar-refractivity contribution in [3.8, 4) is 11.5 Å². The fourth-order valence-corrected chi connectivity index (χ4v) is 5.27. The van der Waals surface area contributed by atoms with Gasteiger partial charge in [-0.25, -0.2) is 18.3 Å². The largest absolute Gasteiger partial charge is 0.457 e. The van der Waals surface area contributed by atoms with Crippen LogP contribution in [0, 0.1) is 17.7 Å². The highest BCUT2D eigenvalue weighted by atomic mass is 32.2. The van der Waals surface area contributed by atoms with Crippen LogP contribution in [-0.4, -0.2) is 25.3 Å². The number of ether oxygens (including phenoxy) is 1. The van der Waals surface area contributed by atoms with E-state index in [0.717, 1.165) is 12.8 Å². The lowest BCUT2D eigenvalue weighted by Gasteiger charge is -2.29. The minimum Gasteiger partial charge on any atom is -0.457 e. The summed E-state index contributed by atoms with van der Waals surface area (Å²) in [5, 5.41) is 8.90. The van der Waals surface area contributed by atoms with Gasteiger partial charge in [-0.2, -0.15) is 0 Å². The fraction of sp³-hybridized carbons (Fsp3) is 0.350. The number of sulfone groups is 1. The van der Waals surface area contributed by atoms with Crippen LogP contribution in [-0.2, 0) is 14.6 Å². The minimum atomic E-state index is -3.60. The molecule has 1 amide bonds. The summed E-state index contributed by atoms with van der Waals surface area (Å²) in [6, 6.07) is 11.5. The van der Waals surface area contributed by atoms with E-state index in [1.165, 1.54) is 48.5 Å². The van der Waals surface area contributed by atoms with Crippen LogP contribution in [0.2, 0.25) is 0 Å². The third-order valence-corrected chi connectivity index (χ3v) is 6.88. The Hall–Kier alpha value is -2.45. The van der Waals surface area contributed by atoms with Crippen molar-refractivity contribution in [3.63, 3.8) is 0 Å².